The Morgan fingerprint density at radius 3 is 2.81 bits per heavy atom. The number of hydrogen-bond acceptors (Lipinski definition) is 4. The fourth-order valence-corrected chi connectivity index (χ4v) is 2.00. The Kier molecular flexibility index (Phi) is 3.22. The predicted octanol–water partition coefficient (Wildman–Crippen LogP) is 3.20. The van der Waals surface area contributed by atoms with Crippen molar-refractivity contribution in [3.05, 3.63) is 32.5 Å². The lowest BCUT2D eigenvalue weighted by molar-refractivity contribution is 1.05. The van der Waals surface area contributed by atoms with Crippen LogP contribution >= 0.6 is 39.7 Å². The highest BCUT2D eigenvalue weighted by atomic mass is 79.9. The van der Waals surface area contributed by atoms with E-state index in [0.717, 1.165) is 10.0 Å². The molecule has 2 rings (SSSR count). The first-order valence-electron chi connectivity index (χ1n) is 4.25. The molecule has 0 spiro atoms. The Morgan fingerprint density at radius 1 is 1.38 bits per heavy atom. The molecule has 1 aromatic carbocycles. The van der Waals surface area contributed by atoms with Crippen molar-refractivity contribution in [2.75, 3.05) is 5.73 Å². The van der Waals surface area contributed by atoms with Crippen molar-refractivity contribution in [1.82, 2.24) is 15.0 Å². The number of H-pyrrole nitrogens is 1. The minimum atomic E-state index is 0.193. The Balaban J connectivity index is 2.66. The summed E-state index contributed by atoms with van der Waals surface area (Å²) >= 11 is 14.2. The molecule has 0 amide bonds. The van der Waals surface area contributed by atoms with E-state index in [1.165, 1.54) is 0 Å². The van der Waals surface area contributed by atoms with Crippen LogP contribution in [0.2, 0.25) is 5.02 Å². The van der Waals surface area contributed by atoms with E-state index in [4.69, 9.17) is 29.6 Å². The van der Waals surface area contributed by atoms with Gasteiger partial charge in [0.2, 0.25) is 10.7 Å². The number of benzene rings is 1. The van der Waals surface area contributed by atoms with Crippen molar-refractivity contribution >= 4 is 45.7 Å². The zero-order chi connectivity index (χ0) is 11.7. The van der Waals surface area contributed by atoms with Crippen LogP contribution in [0.5, 0.6) is 0 Å². The van der Waals surface area contributed by atoms with Gasteiger partial charge in [-0.2, -0.15) is 4.98 Å². The van der Waals surface area contributed by atoms with Crippen LogP contribution in [0.25, 0.3) is 11.4 Å². The number of anilines is 1. The molecule has 16 heavy (non-hydrogen) atoms. The van der Waals surface area contributed by atoms with Crippen LogP contribution in [-0.4, -0.2) is 15.0 Å². The summed E-state index contributed by atoms with van der Waals surface area (Å²) in [6.45, 7) is 0. The van der Waals surface area contributed by atoms with Crippen LogP contribution in [0, 0.1) is 4.77 Å². The van der Waals surface area contributed by atoms with E-state index in [9.17, 15) is 0 Å². The van der Waals surface area contributed by atoms with Crippen LogP contribution in [0.15, 0.2) is 22.7 Å². The van der Waals surface area contributed by atoms with E-state index in [1.807, 2.05) is 6.07 Å². The predicted molar refractivity (Wildman–Crippen MR) is 69.8 cm³/mol. The number of hydrogen-bond donors (Lipinski definition) is 2. The lowest BCUT2D eigenvalue weighted by Gasteiger charge is -2.05. The van der Waals surface area contributed by atoms with Crippen molar-refractivity contribution in [1.29, 1.82) is 0 Å². The quantitative estimate of drug-likeness (QED) is 0.793. The summed E-state index contributed by atoms with van der Waals surface area (Å²) in [5, 5.41) is 0.606. The molecule has 1 aromatic heterocycles. The number of aromatic amines is 1. The molecule has 0 aliphatic rings. The van der Waals surface area contributed by atoms with Gasteiger partial charge in [0.1, 0.15) is 5.82 Å². The van der Waals surface area contributed by atoms with Crippen LogP contribution in [-0.2, 0) is 0 Å². The number of aromatic nitrogens is 3. The second kappa shape index (κ2) is 4.48. The summed E-state index contributed by atoms with van der Waals surface area (Å²) in [5.41, 5.74) is 6.35. The normalized spacial score (nSPS) is 10.4. The van der Waals surface area contributed by atoms with E-state index in [2.05, 4.69) is 30.9 Å². The summed E-state index contributed by atoms with van der Waals surface area (Å²) in [7, 11) is 0. The van der Waals surface area contributed by atoms with Crippen LogP contribution in [0.3, 0.4) is 0 Å². The average Bonchev–Trinajstić information content (AvgIpc) is 2.20. The third kappa shape index (κ3) is 2.40. The minimum absolute atomic E-state index is 0.193. The standard InChI is InChI=1S/C9H6BrClN4S/c10-6-2-1-4(11)3-5(6)7-13-8(12)15-9(16)14-7/h1-3H,(H3,12,13,14,15,16). The highest BCUT2D eigenvalue weighted by Crippen LogP contribution is 2.28. The minimum Gasteiger partial charge on any atom is -0.369 e. The Hall–Kier alpha value is -0.980. The number of halogens is 2. The highest BCUT2D eigenvalue weighted by Gasteiger charge is 2.07. The van der Waals surface area contributed by atoms with Crippen molar-refractivity contribution in [3.8, 4) is 11.4 Å². The molecule has 2 aromatic rings. The summed E-state index contributed by atoms with van der Waals surface area (Å²) in [6.07, 6.45) is 0. The molecular formula is C9H6BrClN4S. The number of nitrogens with one attached hydrogen (secondary N) is 1. The van der Waals surface area contributed by atoms with Crippen molar-refractivity contribution in [2.24, 2.45) is 0 Å². The molecule has 82 valence electrons. The molecule has 7 heteroatoms. The Bertz CT molecular complexity index is 598. The van der Waals surface area contributed by atoms with Gasteiger partial charge in [0, 0.05) is 15.1 Å². The third-order valence-corrected chi connectivity index (χ3v) is 2.96. The lowest BCUT2D eigenvalue weighted by Crippen LogP contribution is -2.00. The van der Waals surface area contributed by atoms with E-state index in [0.29, 0.717) is 10.8 Å². The molecular weight excluding hydrogens is 312 g/mol. The van der Waals surface area contributed by atoms with Gasteiger partial charge in [-0.3, -0.25) is 0 Å². The first-order valence-corrected chi connectivity index (χ1v) is 5.83. The summed E-state index contributed by atoms with van der Waals surface area (Å²) in [6, 6.07) is 5.36. The molecule has 4 nitrogen and oxygen atoms in total. The number of rotatable bonds is 1. The fourth-order valence-electron chi connectivity index (χ4n) is 1.21. The first kappa shape index (κ1) is 11.5. The molecule has 3 N–H and O–H groups in total. The molecule has 0 atom stereocenters. The molecule has 0 bridgehead atoms. The van der Waals surface area contributed by atoms with Gasteiger partial charge in [-0.25, -0.2) is 4.98 Å². The van der Waals surface area contributed by atoms with E-state index in [1.54, 1.807) is 12.1 Å². The maximum absolute atomic E-state index is 5.91. The van der Waals surface area contributed by atoms with E-state index < -0.39 is 0 Å². The first-order chi connectivity index (χ1) is 7.56. The van der Waals surface area contributed by atoms with Crippen LogP contribution in [0.1, 0.15) is 0 Å². The number of nitrogen functional groups attached to an aromatic ring is 1. The number of nitrogens with zero attached hydrogens (tertiary/aromatic N) is 2. The molecule has 0 unspecified atom stereocenters. The van der Waals surface area contributed by atoms with Crippen LogP contribution < -0.4 is 5.73 Å². The molecule has 1 heterocycles. The zero-order valence-corrected chi connectivity index (χ0v) is 11.0. The lowest BCUT2D eigenvalue weighted by atomic mass is 10.2. The maximum atomic E-state index is 5.91. The van der Waals surface area contributed by atoms with Crippen molar-refractivity contribution < 1.29 is 0 Å². The van der Waals surface area contributed by atoms with Crippen molar-refractivity contribution in [2.45, 2.75) is 0 Å². The topological polar surface area (TPSA) is 67.6 Å². The number of nitrogens with two attached hydrogens (primary N) is 1. The SMILES string of the molecule is Nc1nc(=S)nc(-c2cc(Cl)ccc2Br)[nH]1. The molecule has 0 aliphatic heterocycles. The van der Waals surface area contributed by atoms with Gasteiger partial charge in [0.25, 0.3) is 0 Å². The molecule has 0 radical (unpaired) electrons. The van der Waals surface area contributed by atoms with Gasteiger partial charge >= 0.3 is 0 Å². The largest absolute Gasteiger partial charge is 0.369 e. The molecule has 0 saturated heterocycles. The second-order valence-corrected chi connectivity index (χ2v) is 4.65. The molecule has 0 aliphatic carbocycles. The molecule has 0 fully saturated rings. The third-order valence-electron chi connectivity index (χ3n) is 1.85. The monoisotopic (exact) mass is 316 g/mol. The summed E-state index contributed by atoms with van der Waals surface area (Å²) in [5.74, 6) is 0.758. The zero-order valence-electron chi connectivity index (χ0n) is 7.87. The summed E-state index contributed by atoms with van der Waals surface area (Å²) in [4.78, 5) is 10.7. The Morgan fingerprint density at radius 2 is 2.12 bits per heavy atom. The molecule has 0 saturated carbocycles. The van der Waals surface area contributed by atoms with Gasteiger partial charge in [0.15, 0.2) is 0 Å². The van der Waals surface area contributed by atoms with Gasteiger partial charge in [-0.1, -0.05) is 27.5 Å². The smallest absolute Gasteiger partial charge is 0.224 e. The van der Waals surface area contributed by atoms with Crippen molar-refractivity contribution in [3.63, 3.8) is 0 Å². The fraction of sp³-hybridized carbons (Fsp3) is 0. The maximum Gasteiger partial charge on any atom is 0.224 e. The van der Waals surface area contributed by atoms with Gasteiger partial charge < -0.3 is 10.7 Å². The summed E-state index contributed by atoms with van der Waals surface area (Å²) < 4.78 is 1.04. The second-order valence-electron chi connectivity index (χ2n) is 2.99. The average molecular weight is 318 g/mol. The van der Waals surface area contributed by atoms with E-state index in [-0.39, 0.29) is 10.7 Å². The van der Waals surface area contributed by atoms with Gasteiger partial charge in [-0.05, 0) is 30.4 Å². The van der Waals surface area contributed by atoms with Gasteiger partial charge in [-0.15, -0.1) is 0 Å². The van der Waals surface area contributed by atoms with Gasteiger partial charge in [0.05, 0.1) is 0 Å². The Labute approximate surface area is 110 Å². The van der Waals surface area contributed by atoms with Crippen LogP contribution in [0.4, 0.5) is 5.95 Å². The van der Waals surface area contributed by atoms with E-state index >= 15 is 0 Å². The highest BCUT2D eigenvalue weighted by molar-refractivity contribution is 9.10.